The Morgan fingerprint density at radius 1 is 1.19 bits per heavy atom. The number of benzene rings is 2. The van der Waals surface area contributed by atoms with E-state index in [0.29, 0.717) is 11.1 Å². The van der Waals surface area contributed by atoms with Crippen molar-refractivity contribution in [3.63, 3.8) is 0 Å². The SMILES string of the molecule is CC(NC(=O)c1ccc2[nH]ccc2c1)c1ccccc1F. The average Bonchev–Trinajstić information content (AvgIpc) is 2.94. The van der Waals surface area contributed by atoms with E-state index in [1.807, 2.05) is 24.4 Å². The predicted molar refractivity (Wildman–Crippen MR) is 80.6 cm³/mol. The summed E-state index contributed by atoms with van der Waals surface area (Å²) >= 11 is 0. The lowest BCUT2D eigenvalue weighted by atomic mass is 10.1. The van der Waals surface area contributed by atoms with Crippen molar-refractivity contribution in [1.82, 2.24) is 10.3 Å². The Balaban J connectivity index is 1.81. The van der Waals surface area contributed by atoms with Crippen LogP contribution in [0.4, 0.5) is 4.39 Å². The van der Waals surface area contributed by atoms with Gasteiger partial charge < -0.3 is 10.3 Å². The minimum Gasteiger partial charge on any atom is -0.361 e. The zero-order chi connectivity index (χ0) is 14.8. The standard InChI is InChI=1S/C17H15FN2O/c1-11(14-4-2-3-5-15(14)18)20-17(21)13-6-7-16-12(10-13)8-9-19-16/h2-11,19H,1H3,(H,20,21). The molecule has 1 aromatic heterocycles. The second-order valence-electron chi connectivity index (χ2n) is 5.00. The molecule has 2 aromatic carbocycles. The van der Waals surface area contributed by atoms with Gasteiger partial charge in [-0.05, 0) is 37.3 Å². The first-order valence-electron chi connectivity index (χ1n) is 6.77. The van der Waals surface area contributed by atoms with Crippen molar-refractivity contribution < 1.29 is 9.18 Å². The number of rotatable bonds is 3. The van der Waals surface area contributed by atoms with Gasteiger partial charge in [0.15, 0.2) is 0 Å². The van der Waals surface area contributed by atoms with Crippen molar-refractivity contribution in [2.24, 2.45) is 0 Å². The molecular formula is C17H15FN2O. The molecule has 3 rings (SSSR count). The predicted octanol–water partition coefficient (Wildman–Crippen LogP) is 3.80. The highest BCUT2D eigenvalue weighted by molar-refractivity contribution is 5.98. The fraction of sp³-hybridized carbons (Fsp3) is 0.118. The van der Waals surface area contributed by atoms with Crippen LogP contribution in [-0.2, 0) is 0 Å². The third-order valence-electron chi connectivity index (χ3n) is 3.53. The number of halogens is 1. The normalized spacial score (nSPS) is 12.3. The maximum absolute atomic E-state index is 13.7. The van der Waals surface area contributed by atoms with Gasteiger partial charge in [0, 0.05) is 28.2 Å². The van der Waals surface area contributed by atoms with Crippen LogP contribution in [0.25, 0.3) is 10.9 Å². The molecule has 0 bridgehead atoms. The highest BCUT2D eigenvalue weighted by Gasteiger charge is 2.14. The summed E-state index contributed by atoms with van der Waals surface area (Å²) in [7, 11) is 0. The number of fused-ring (bicyclic) bond motifs is 1. The summed E-state index contributed by atoms with van der Waals surface area (Å²) in [5, 5.41) is 3.79. The zero-order valence-electron chi connectivity index (χ0n) is 11.6. The Morgan fingerprint density at radius 3 is 2.81 bits per heavy atom. The number of nitrogens with one attached hydrogen (secondary N) is 2. The molecule has 1 amide bonds. The molecule has 0 aliphatic heterocycles. The van der Waals surface area contributed by atoms with Gasteiger partial charge in [0.25, 0.3) is 5.91 Å². The first-order chi connectivity index (χ1) is 10.1. The van der Waals surface area contributed by atoms with Crippen LogP contribution in [0.1, 0.15) is 28.9 Å². The average molecular weight is 282 g/mol. The van der Waals surface area contributed by atoms with Gasteiger partial charge in [-0.2, -0.15) is 0 Å². The van der Waals surface area contributed by atoms with Crippen LogP contribution >= 0.6 is 0 Å². The van der Waals surface area contributed by atoms with Gasteiger partial charge in [-0.15, -0.1) is 0 Å². The van der Waals surface area contributed by atoms with Crippen LogP contribution < -0.4 is 5.32 Å². The smallest absolute Gasteiger partial charge is 0.251 e. The lowest BCUT2D eigenvalue weighted by molar-refractivity contribution is 0.0939. The molecule has 0 aliphatic carbocycles. The van der Waals surface area contributed by atoms with Gasteiger partial charge in [0.1, 0.15) is 5.82 Å². The molecule has 2 N–H and O–H groups in total. The number of hydrogen-bond acceptors (Lipinski definition) is 1. The van der Waals surface area contributed by atoms with Gasteiger partial charge in [-0.3, -0.25) is 4.79 Å². The van der Waals surface area contributed by atoms with Gasteiger partial charge >= 0.3 is 0 Å². The molecule has 0 aliphatic rings. The van der Waals surface area contributed by atoms with Crippen LogP contribution in [0.5, 0.6) is 0 Å². The second kappa shape index (κ2) is 5.40. The van der Waals surface area contributed by atoms with E-state index in [0.717, 1.165) is 10.9 Å². The largest absolute Gasteiger partial charge is 0.361 e. The van der Waals surface area contributed by atoms with Gasteiger partial charge in [0.2, 0.25) is 0 Å². The Hall–Kier alpha value is -2.62. The molecule has 3 nitrogen and oxygen atoms in total. The molecule has 0 saturated carbocycles. The van der Waals surface area contributed by atoms with Crippen LogP contribution in [0.2, 0.25) is 0 Å². The molecule has 0 fully saturated rings. The Labute approximate surface area is 121 Å². The summed E-state index contributed by atoms with van der Waals surface area (Å²) in [4.78, 5) is 15.3. The van der Waals surface area contributed by atoms with E-state index in [9.17, 15) is 9.18 Å². The molecule has 0 radical (unpaired) electrons. The topological polar surface area (TPSA) is 44.9 Å². The summed E-state index contributed by atoms with van der Waals surface area (Å²) in [6.07, 6.45) is 1.83. The number of hydrogen-bond donors (Lipinski definition) is 2. The van der Waals surface area contributed by atoms with E-state index in [1.54, 1.807) is 31.2 Å². The van der Waals surface area contributed by atoms with Crippen molar-refractivity contribution in [2.45, 2.75) is 13.0 Å². The highest BCUT2D eigenvalue weighted by atomic mass is 19.1. The lowest BCUT2D eigenvalue weighted by Gasteiger charge is -2.15. The molecule has 1 unspecified atom stereocenters. The molecule has 4 heteroatoms. The van der Waals surface area contributed by atoms with Crippen LogP contribution in [-0.4, -0.2) is 10.9 Å². The Bertz CT molecular complexity index is 794. The minimum absolute atomic E-state index is 0.214. The molecule has 0 spiro atoms. The van der Waals surface area contributed by atoms with E-state index in [4.69, 9.17) is 0 Å². The van der Waals surface area contributed by atoms with Crippen molar-refractivity contribution in [2.75, 3.05) is 0 Å². The number of aromatic nitrogens is 1. The van der Waals surface area contributed by atoms with E-state index in [2.05, 4.69) is 10.3 Å². The Kier molecular flexibility index (Phi) is 3.44. The monoisotopic (exact) mass is 282 g/mol. The molecule has 1 heterocycles. The van der Waals surface area contributed by atoms with Gasteiger partial charge in [-0.1, -0.05) is 18.2 Å². The first-order valence-corrected chi connectivity index (χ1v) is 6.77. The van der Waals surface area contributed by atoms with Crippen LogP contribution in [0.15, 0.2) is 54.7 Å². The number of amides is 1. The molecule has 3 aromatic rings. The lowest BCUT2D eigenvalue weighted by Crippen LogP contribution is -2.27. The van der Waals surface area contributed by atoms with E-state index in [1.165, 1.54) is 6.07 Å². The molecular weight excluding hydrogens is 267 g/mol. The number of H-pyrrole nitrogens is 1. The zero-order valence-corrected chi connectivity index (χ0v) is 11.6. The van der Waals surface area contributed by atoms with E-state index in [-0.39, 0.29) is 17.8 Å². The van der Waals surface area contributed by atoms with Gasteiger partial charge in [0.05, 0.1) is 6.04 Å². The van der Waals surface area contributed by atoms with Crippen LogP contribution in [0, 0.1) is 5.82 Å². The molecule has 0 saturated heterocycles. The van der Waals surface area contributed by atoms with E-state index >= 15 is 0 Å². The van der Waals surface area contributed by atoms with Crippen molar-refractivity contribution in [3.8, 4) is 0 Å². The number of aromatic amines is 1. The Morgan fingerprint density at radius 2 is 2.00 bits per heavy atom. The third-order valence-corrected chi connectivity index (χ3v) is 3.53. The number of carbonyl (C=O) groups excluding carboxylic acids is 1. The second-order valence-corrected chi connectivity index (χ2v) is 5.00. The summed E-state index contributed by atoms with van der Waals surface area (Å²) in [5.41, 5.74) is 2.02. The molecule has 1 atom stereocenters. The maximum atomic E-state index is 13.7. The number of carbonyl (C=O) groups is 1. The first kappa shape index (κ1) is 13.4. The minimum atomic E-state index is -0.388. The highest BCUT2D eigenvalue weighted by Crippen LogP contribution is 2.18. The van der Waals surface area contributed by atoms with Crippen molar-refractivity contribution >= 4 is 16.8 Å². The molecule has 21 heavy (non-hydrogen) atoms. The van der Waals surface area contributed by atoms with Crippen molar-refractivity contribution in [1.29, 1.82) is 0 Å². The van der Waals surface area contributed by atoms with E-state index < -0.39 is 0 Å². The van der Waals surface area contributed by atoms with Gasteiger partial charge in [-0.25, -0.2) is 4.39 Å². The fourth-order valence-electron chi connectivity index (χ4n) is 2.38. The summed E-state index contributed by atoms with van der Waals surface area (Å²) in [6, 6.07) is 13.4. The fourth-order valence-corrected chi connectivity index (χ4v) is 2.38. The summed E-state index contributed by atoms with van der Waals surface area (Å²) in [5.74, 6) is -0.528. The van der Waals surface area contributed by atoms with Crippen molar-refractivity contribution in [3.05, 3.63) is 71.7 Å². The molecule has 106 valence electrons. The third kappa shape index (κ3) is 2.65. The summed E-state index contributed by atoms with van der Waals surface area (Å²) < 4.78 is 13.7. The quantitative estimate of drug-likeness (QED) is 0.754. The van der Waals surface area contributed by atoms with Crippen LogP contribution in [0.3, 0.4) is 0 Å². The summed E-state index contributed by atoms with van der Waals surface area (Å²) in [6.45, 7) is 1.77. The maximum Gasteiger partial charge on any atom is 0.251 e.